The highest BCUT2D eigenvalue weighted by atomic mass is 32.2. The first-order chi connectivity index (χ1) is 14.6. The zero-order valence-electron chi connectivity index (χ0n) is 18.1. The fourth-order valence-corrected chi connectivity index (χ4v) is 3.73. The highest BCUT2D eigenvalue weighted by Crippen LogP contribution is 2.24. The van der Waals surface area contributed by atoms with E-state index < -0.39 is 21.9 Å². The normalized spacial score (nSPS) is 11.2. The minimum absolute atomic E-state index is 0.0237. The lowest BCUT2D eigenvalue weighted by atomic mass is 10.1. The molecule has 0 aromatic heterocycles. The number of hydrogen-bond acceptors (Lipinski definition) is 7. The minimum Gasteiger partial charge on any atom is -0.497 e. The molecule has 9 nitrogen and oxygen atoms in total. The van der Waals surface area contributed by atoms with Crippen molar-refractivity contribution in [1.82, 2.24) is 9.21 Å². The van der Waals surface area contributed by atoms with Crippen molar-refractivity contribution in [2.24, 2.45) is 0 Å². The molecular formula is C21H26N2O7S. The molecule has 0 fully saturated rings. The Kier molecular flexibility index (Phi) is 8.01. The van der Waals surface area contributed by atoms with E-state index in [0.29, 0.717) is 17.1 Å². The molecular weight excluding hydrogens is 424 g/mol. The molecule has 10 heteroatoms. The Morgan fingerprint density at radius 3 is 2.06 bits per heavy atom. The number of nitrogens with zero attached hydrogens (tertiary/aromatic N) is 2. The van der Waals surface area contributed by atoms with E-state index in [1.54, 1.807) is 18.2 Å². The summed E-state index contributed by atoms with van der Waals surface area (Å²) < 4.78 is 41.2. The van der Waals surface area contributed by atoms with Gasteiger partial charge in [-0.3, -0.25) is 9.59 Å². The third-order valence-electron chi connectivity index (χ3n) is 4.48. The average molecular weight is 451 g/mol. The number of rotatable bonds is 9. The van der Waals surface area contributed by atoms with Gasteiger partial charge in [0, 0.05) is 32.3 Å². The molecule has 0 radical (unpaired) electrons. The van der Waals surface area contributed by atoms with Crippen LogP contribution in [0.15, 0.2) is 47.4 Å². The first-order valence-electron chi connectivity index (χ1n) is 9.23. The molecule has 0 spiro atoms. The van der Waals surface area contributed by atoms with E-state index in [9.17, 15) is 18.0 Å². The lowest BCUT2D eigenvalue weighted by molar-refractivity contribution is -0.141. The van der Waals surface area contributed by atoms with E-state index in [4.69, 9.17) is 14.2 Å². The summed E-state index contributed by atoms with van der Waals surface area (Å²) in [6.45, 7) is -0.272. The summed E-state index contributed by atoms with van der Waals surface area (Å²) in [6.07, 6.45) is 0. The van der Waals surface area contributed by atoms with Crippen LogP contribution in [0.5, 0.6) is 11.5 Å². The number of methoxy groups -OCH3 is 3. The zero-order valence-corrected chi connectivity index (χ0v) is 18.9. The lowest BCUT2D eigenvalue weighted by Crippen LogP contribution is -2.36. The van der Waals surface area contributed by atoms with Crippen LogP contribution in [0.25, 0.3) is 0 Å². The molecule has 2 aromatic carbocycles. The smallest absolute Gasteiger partial charge is 0.325 e. The van der Waals surface area contributed by atoms with Crippen molar-refractivity contribution in [2.45, 2.75) is 11.4 Å². The van der Waals surface area contributed by atoms with Gasteiger partial charge in [0.05, 0.1) is 26.2 Å². The predicted molar refractivity (Wildman–Crippen MR) is 114 cm³/mol. The van der Waals surface area contributed by atoms with Crippen LogP contribution in [0.3, 0.4) is 0 Å². The number of benzene rings is 2. The highest BCUT2D eigenvalue weighted by Gasteiger charge is 2.23. The second kappa shape index (κ2) is 10.3. The van der Waals surface area contributed by atoms with E-state index in [2.05, 4.69) is 0 Å². The second-order valence-corrected chi connectivity index (χ2v) is 8.93. The van der Waals surface area contributed by atoms with E-state index in [1.165, 1.54) is 64.6 Å². The summed E-state index contributed by atoms with van der Waals surface area (Å²) in [4.78, 5) is 26.4. The standard InChI is InChI=1S/C21H26N2O7S/c1-22(2)31(26,27)19-8-6-7-16(11-19)21(25)23(14-20(24)30-5)13-15-9-17(28-3)12-18(10-15)29-4/h6-12H,13-14H2,1-5H3. The number of esters is 1. The Hall–Kier alpha value is -3.11. The number of carbonyl (C=O) groups excluding carboxylic acids is 2. The molecule has 0 saturated heterocycles. The lowest BCUT2D eigenvalue weighted by Gasteiger charge is -2.23. The van der Waals surface area contributed by atoms with Gasteiger partial charge in [0.15, 0.2) is 0 Å². The van der Waals surface area contributed by atoms with Crippen molar-refractivity contribution >= 4 is 21.9 Å². The molecule has 0 aliphatic carbocycles. The topological polar surface area (TPSA) is 102 Å². The van der Waals surface area contributed by atoms with Crippen molar-refractivity contribution in [3.63, 3.8) is 0 Å². The summed E-state index contributed by atoms with van der Waals surface area (Å²) in [7, 11) is 3.33. The fourth-order valence-electron chi connectivity index (χ4n) is 2.78. The first kappa shape index (κ1) is 24.2. The van der Waals surface area contributed by atoms with Gasteiger partial charge < -0.3 is 19.1 Å². The van der Waals surface area contributed by atoms with Gasteiger partial charge in [0.25, 0.3) is 5.91 Å². The van der Waals surface area contributed by atoms with E-state index in [0.717, 1.165) is 4.31 Å². The molecule has 0 saturated carbocycles. The third kappa shape index (κ3) is 5.96. The summed E-state index contributed by atoms with van der Waals surface area (Å²) >= 11 is 0. The average Bonchev–Trinajstić information content (AvgIpc) is 2.77. The summed E-state index contributed by atoms with van der Waals surface area (Å²) in [6, 6.07) is 10.8. The predicted octanol–water partition coefficient (Wildman–Crippen LogP) is 1.77. The Labute approximate surface area is 182 Å². The van der Waals surface area contributed by atoms with Crippen molar-refractivity contribution in [1.29, 1.82) is 0 Å². The van der Waals surface area contributed by atoms with Crippen LogP contribution >= 0.6 is 0 Å². The second-order valence-electron chi connectivity index (χ2n) is 6.77. The van der Waals surface area contributed by atoms with Crippen LogP contribution in [0.4, 0.5) is 0 Å². The molecule has 0 aliphatic heterocycles. The molecule has 0 heterocycles. The maximum atomic E-state index is 13.2. The first-order valence-corrected chi connectivity index (χ1v) is 10.7. The summed E-state index contributed by atoms with van der Waals surface area (Å²) in [5.74, 6) is -0.0824. The molecule has 0 atom stereocenters. The maximum absolute atomic E-state index is 13.2. The van der Waals surface area contributed by atoms with Crippen molar-refractivity contribution in [2.75, 3.05) is 42.0 Å². The minimum atomic E-state index is -3.73. The van der Waals surface area contributed by atoms with Crippen molar-refractivity contribution in [3.05, 3.63) is 53.6 Å². The molecule has 0 N–H and O–H groups in total. The molecule has 0 unspecified atom stereocenters. The van der Waals surface area contributed by atoms with Gasteiger partial charge in [0.1, 0.15) is 18.0 Å². The monoisotopic (exact) mass is 450 g/mol. The van der Waals surface area contributed by atoms with Crippen LogP contribution in [0.2, 0.25) is 0 Å². The quantitative estimate of drug-likeness (QED) is 0.537. The van der Waals surface area contributed by atoms with Crippen molar-refractivity contribution < 1.29 is 32.2 Å². The van der Waals surface area contributed by atoms with Gasteiger partial charge in [-0.25, -0.2) is 12.7 Å². The van der Waals surface area contributed by atoms with Gasteiger partial charge in [0.2, 0.25) is 10.0 Å². The summed E-state index contributed by atoms with van der Waals surface area (Å²) in [5.41, 5.74) is 0.784. The number of ether oxygens (including phenoxy) is 3. The number of carbonyl (C=O) groups is 2. The van der Waals surface area contributed by atoms with E-state index in [1.807, 2.05) is 0 Å². The van der Waals surface area contributed by atoms with E-state index in [-0.39, 0.29) is 23.5 Å². The van der Waals surface area contributed by atoms with Gasteiger partial charge in [-0.2, -0.15) is 0 Å². The summed E-state index contributed by atoms with van der Waals surface area (Å²) in [5, 5.41) is 0. The number of hydrogen-bond donors (Lipinski definition) is 0. The van der Waals surface area contributed by atoms with Crippen LogP contribution in [-0.2, 0) is 26.1 Å². The Balaban J connectivity index is 2.43. The zero-order chi connectivity index (χ0) is 23.2. The SMILES string of the molecule is COC(=O)CN(Cc1cc(OC)cc(OC)c1)C(=O)c1cccc(S(=O)(=O)N(C)C)c1. The maximum Gasteiger partial charge on any atom is 0.325 e. The molecule has 2 aromatic rings. The third-order valence-corrected chi connectivity index (χ3v) is 6.29. The van der Waals surface area contributed by atoms with Gasteiger partial charge in [-0.05, 0) is 35.9 Å². The Morgan fingerprint density at radius 2 is 1.55 bits per heavy atom. The van der Waals surface area contributed by atoms with Gasteiger partial charge in [-0.15, -0.1) is 0 Å². The Bertz CT molecular complexity index is 1030. The molecule has 1 amide bonds. The molecule has 168 valence electrons. The molecule has 2 rings (SSSR count). The van der Waals surface area contributed by atoms with Gasteiger partial charge in [-0.1, -0.05) is 6.07 Å². The van der Waals surface area contributed by atoms with E-state index >= 15 is 0 Å². The molecule has 0 aliphatic rings. The van der Waals surface area contributed by atoms with Crippen LogP contribution in [-0.4, -0.2) is 71.5 Å². The van der Waals surface area contributed by atoms with Crippen LogP contribution < -0.4 is 9.47 Å². The van der Waals surface area contributed by atoms with Crippen LogP contribution in [0.1, 0.15) is 15.9 Å². The molecule has 31 heavy (non-hydrogen) atoms. The Morgan fingerprint density at radius 1 is 0.935 bits per heavy atom. The van der Waals surface area contributed by atoms with Crippen molar-refractivity contribution in [3.8, 4) is 11.5 Å². The highest BCUT2D eigenvalue weighted by molar-refractivity contribution is 7.89. The largest absolute Gasteiger partial charge is 0.497 e. The fraction of sp³-hybridized carbons (Fsp3) is 0.333. The number of sulfonamides is 1. The number of amides is 1. The van der Waals surface area contributed by atoms with Crippen LogP contribution in [0, 0.1) is 0 Å². The van der Waals surface area contributed by atoms with Gasteiger partial charge >= 0.3 is 5.97 Å². The molecule has 0 bridgehead atoms.